The molecule has 0 saturated carbocycles. The molecule has 0 saturated heterocycles. The Morgan fingerprint density at radius 1 is 1.43 bits per heavy atom. The fraction of sp³-hybridized carbons (Fsp3) is 0.364. The average Bonchev–Trinajstić information content (AvgIpc) is 2.38. The Balaban J connectivity index is 2.75. The van der Waals surface area contributed by atoms with Crippen molar-refractivity contribution in [1.82, 2.24) is 5.32 Å². The quantitative estimate of drug-likeness (QED) is 0.265. The van der Waals surface area contributed by atoms with Crippen LogP contribution < -0.4 is 5.32 Å². The number of thioether (sulfide) groups is 1. The first-order chi connectivity index (χ1) is 9.83. The standard InChI is InChI=1S/C11H11F3N4O2S/c12-11(13,14)21-8-3-1-7(2-4-8)9(10(19)20)16-5-6-17-18-15/h1-4,9,16H,5-6H2,(H,19,20). The maximum absolute atomic E-state index is 12.2. The van der Waals surface area contributed by atoms with Crippen LogP contribution in [0.4, 0.5) is 13.2 Å². The number of nitrogens with zero attached hydrogens (tertiary/aromatic N) is 3. The van der Waals surface area contributed by atoms with Gasteiger partial charge in [-0.15, -0.1) is 0 Å². The maximum Gasteiger partial charge on any atom is 0.446 e. The van der Waals surface area contributed by atoms with Gasteiger partial charge in [-0.1, -0.05) is 17.2 Å². The van der Waals surface area contributed by atoms with Gasteiger partial charge in [0.15, 0.2) is 0 Å². The molecule has 1 rings (SSSR count). The monoisotopic (exact) mass is 320 g/mol. The van der Waals surface area contributed by atoms with Crippen LogP contribution in [0.1, 0.15) is 11.6 Å². The lowest BCUT2D eigenvalue weighted by atomic mass is 10.1. The number of alkyl halides is 3. The molecule has 1 aromatic carbocycles. The summed E-state index contributed by atoms with van der Waals surface area (Å²) in [4.78, 5) is 13.6. The highest BCUT2D eigenvalue weighted by molar-refractivity contribution is 8.00. The van der Waals surface area contributed by atoms with Gasteiger partial charge in [-0.05, 0) is 35.0 Å². The molecule has 0 aromatic heterocycles. The van der Waals surface area contributed by atoms with Crippen molar-refractivity contribution >= 4 is 17.7 Å². The smallest absolute Gasteiger partial charge is 0.446 e. The Hall–Kier alpha value is -1.90. The molecule has 2 N–H and O–H groups in total. The molecule has 0 aliphatic rings. The maximum atomic E-state index is 12.2. The minimum atomic E-state index is -4.39. The highest BCUT2D eigenvalue weighted by Crippen LogP contribution is 2.37. The van der Waals surface area contributed by atoms with Gasteiger partial charge < -0.3 is 10.4 Å². The Morgan fingerprint density at radius 3 is 2.52 bits per heavy atom. The fourth-order valence-corrected chi connectivity index (χ4v) is 2.05. The molecule has 21 heavy (non-hydrogen) atoms. The van der Waals surface area contributed by atoms with E-state index in [4.69, 9.17) is 10.6 Å². The third-order valence-electron chi connectivity index (χ3n) is 2.32. The van der Waals surface area contributed by atoms with E-state index in [0.29, 0.717) is 5.56 Å². The summed E-state index contributed by atoms with van der Waals surface area (Å²) in [5, 5.41) is 15.0. The van der Waals surface area contributed by atoms with Gasteiger partial charge in [0.1, 0.15) is 6.04 Å². The number of carbonyl (C=O) groups is 1. The molecule has 0 bridgehead atoms. The first-order valence-corrected chi connectivity index (χ1v) is 6.48. The lowest BCUT2D eigenvalue weighted by Crippen LogP contribution is -2.30. The number of hydrogen-bond donors (Lipinski definition) is 2. The number of aliphatic carboxylic acids is 1. The summed E-state index contributed by atoms with van der Waals surface area (Å²) in [5.74, 6) is -1.17. The van der Waals surface area contributed by atoms with Gasteiger partial charge in [0.05, 0.1) is 0 Å². The average molecular weight is 320 g/mol. The lowest BCUT2D eigenvalue weighted by molar-refractivity contribution is -0.139. The third-order valence-corrected chi connectivity index (χ3v) is 3.06. The highest BCUT2D eigenvalue weighted by atomic mass is 32.2. The summed E-state index contributed by atoms with van der Waals surface area (Å²) in [6.45, 7) is 0.211. The van der Waals surface area contributed by atoms with Crippen molar-refractivity contribution in [1.29, 1.82) is 0 Å². The van der Waals surface area contributed by atoms with Gasteiger partial charge in [0.2, 0.25) is 0 Å². The number of halogens is 3. The highest BCUT2D eigenvalue weighted by Gasteiger charge is 2.29. The molecule has 114 valence electrons. The van der Waals surface area contributed by atoms with Crippen LogP contribution in [0, 0.1) is 0 Å². The number of rotatable bonds is 7. The van der Waals surface area contributed by atoms with Crippen LogP contribution in [0.15, 0.2) is 34.3 Å². The SMILES string of the molecule is [N-]=[N+]=NCCNC(C(=O)O)c1ccc(SC(F)(F)F)cc1. The van der Waals surface area contributed by atoms with E-state index in [-0.39, 0.29) is 29.7 Å². The van der Waals surface area contributed by atoms with E-state index >= 15 is 0 Å². The number of carboxylic acid groups (broad SMARTS) is 1. The molecule has 0 aliphatic carbocycles. The third kappa shape index (κ3) is 6.39. The van der Waals surface area contributed by atoms with Gasteiger partial charge in [-0.2, -0.15) is 13.2 Å². The first kappa shape index (κ1) is 17.2. The molecule has 6 nitrogen and oxygen atoms in total. The molecule has 0 spiro atoms. The summed E-state index contributed by atoms with van der Waals surface area (Å²) in [6, 6.07) is 3.96. The van der Waals surface area contributed by atoms with Crippen LogP contribution in [0.3, 0.4) is 0 Å². The second kappa shape index (κ2) is 7.77. The summed E-state index contributed by atoms with van der Waals surface area (Å²) in [7, 11) is 0. The minimum absolute atomic E-state index is 0.0236. The zero-order chi connectivity index (χ0) is 15.9. The molecule has 0 fully saturated rings. The molecule has 1 aromatic rings. The summed E-state index contributed by atoms with van der Waals surface area (Å²) >= 11 is -0.269. The van der Waals surface area contributed by atoms with E-state index in [1.807, 2.05) is 0 Å². The van der Waals surface area contributed by atoms with Crippen LogP contribution in [0.25, 0.3) is 10.4 Å². The number of nitrogens with one attached hydrogen (secondary N) is 1. The van der Waals surface area contributed by atoms with E-state index in [2.05, 4.69) is 15.3 Å². The molecule has 0 amide bonds. The van der Waals surface area contributed by atoms with Crippen molar-refractivity contribution in [3.8, 4) is 0 Å². The summed E-state index contributed by atoms with van der Waals surface area (Å²) in [5.41, 5.74) is 4.03. The van der Waals surface area contributed by atoms with E-state index in [9.17, 15) is 18.0 Å². The van der Waals surface area contributed by atoms with Gasteiger partial charge in [-0.25, -0.2) is 0 Å². The van der Waals surface area contributed by atoms with Crippen LogP contribution in [-0.2, 0) is 4.79 Å². The number of hydrogen-bond acceptors (Lipinski definition) is 4. The van der Waals surface area contributed by atoms with Crippen LogP contribution in [0.5, 0.6) is 0 Å². The Bertz CT molecular complexity index is 529. The number of azide groups is 1. The molecule has 1 atom stereocenters. The van der Waals surface area contributed by atoms with Crippen LogP contribution >= 0.6 is 11.8 Å². The Labute approximate surface area is 122 Å². The van der Waals surface area contributed by atoms with Gasteiger partial charge in [0.25, 0.3) is 0 Å². The Kier molecular flexibility index (Phi) is 6.35. The summed E-state index contributed by atoms with van der Waals surface area (Å²) < 4.78 is 36.6. The van der Waals surface area contributed by atoms with E-state index in [1.165, 1.54) is 24.3 Å². The van der Waals surface area contributed by atoms with Crippen molar-refractivity contribution in [3.05, 3.63) is 40.3 Å². The first-order valence-electron chi connectivity index (χ1n) is 5.66. The molecule has 0 heterocycles. The predicted octanol–water partition coefficient (Wildman–Crippen LogP) is 3.32. The van der Waals surface area contributed by atoms with E-state index in [0.717, 1.165) is 0 Å². The second-order valence-corrected chi connectivity index (χ2v) is 4.94. The van der Waals surface area contributed by atoms with Crippen LogP contribution in [0.2, 0.25) is 0 Å². The number of benzene rings is 1. The molecule has 0 aliphatic heterocycles. The van der Waals surface area contributed by atoms with Gasteiger partial charge >= 0.3 is 11.5 Å². The van der Waals surface area contributed by atoms with Crippen molar-refractivity contribution in [2.24, 2.45) is 5.11 Å². The second-order valence-electron chi connectivity index (χ2n) is 3.80. The van der Waals surface area contributed by atoms with Crippen molar-refractivity contribution in [2.45, 2.75) is 16.4 Å². The minimum Gasteiger partial charge on any atom is -0.480 e. The molecule has 10 heteroatoms. The predicted molar refractivity (Wildman–Crippen MR) is 70.7 cm³/mol. The van der Waals surface area contributed by atoms with Gasteiger partial charge in [0, 0.05) is 22.9 Å². The number of carboxylic acids is 1. The lowest BCUT2D eigenvalue weighted by Gasteiger charge is -2.14. The zero-order valence-electron chi connectivity index (χ0n) is 10.5. The topological polar surface area (TPSA) is 98.1 Å². The van der Waals surface area contributed by atoms with Crippen LogP contribution in [-0.4, -0.2) is 29.7 Å². The zero-order valence-corrected chi connectivity index (χ0v) is 11.4. The van der Waals surface area contributed by atoms with Crippen molar-refractivity contribution in [3.63, 3.8) is 0 Å². The molecular weight excluding hydrogens is 309 g/mol. The van der Waals surface area contributed by atoms with E-state index < -0.39 is 17.5 Å². The molecular formula is C11H11F3N4O2S. The fourth-order valence-electron chi connectivity index (χ4n) is 1.51. The van der Waals surface area contributed by atoms with Gasteiger partial charge in [-0.3, -0.25) is 4.79 Å². The largest absolute Gasteiger partial charge is 0.480 e. The molecule has 0 radical (unpaired) electrons. The summed E-state index contributed by atoms with van der Waals surface area (Å²) in [6.07, 6.45) is 0. The van der Waals surface area contributed by atoms with Crippen molar-refractivity contribution < 1.29 is 23.1 Å². The normalized spacial score (nSPS) is 12.5. The van der Waals surface area contributed by atoms with E-state index in [1.54, 1.807) is 0 Å². The Morgan fingerprint density at radius 2 is 2.05 bits per heavy atom. The molecule has 1 unspecified atom stereocenters. The van der Waals surface area contributed by atoms with Crippen molar-refractivity contribution in [2.75, 3.05) is 13.1 Å².